The van der Waals surface area contributed by atoms with Crippen molar-refractivity contribution in [1.29, 1.82) is 0 Å². The van der Waals surface area contributed by atoms with Crippen LogP contribution in [0.5, 0.6) is 11.5 Å². The van der Waals surface area contributed by atoms with E-state index in [-0.39, 0.29) is 0 Å². The molecule has 170 valence electrons. The maximum absolute atomic E-state index is 6.52. The number of hydrogen-bond acceptors (Lipinski definition) is 5. The number of aromatic nitrogens is 1. The van der Waals surface area contributed by atoms with Crippen LogP contribution in [0.2, 0.25) is 5.02 Å². The molecule has 0 amide bonds. The largest absolute Gasteiger partial charge is 0.497 e. The zero-order chi connectivity index (χ0) is 23.4. The lowest BCUT2D eigenvalue weighted by molar-refractivity contribution is 0.412. The highest BCUT2D eigenvalue weighted by molar-refractivity contribution is 7.98. The molecule has 6 heteroatoms. The maximum Gasteiger partial charge on any atom is 0.121 e. The van der Waals surface area contributed by atoms with Crippen LogP contribution < -0.4 is 9.47 Å². The van der Waals surface area contributed by atoms with Crippen molar-refractivity contribution in [1.82, 2.24) is 4.98 Å². The number of thioether (sulfide) groups is 1. The molecule has 0 saturated heterocycles. The predicted molar refractivity (Wildman–Crippen MR) is 141 cm³/mol. The summed E-state index contributed by atoms with van der Waals surface area (Å²) in [5.74, 6) is 2.47. The van der Waals surface area contributed by atoms with Crippen molar-refractivity contribution in [2.24, 2.45) is 0 Å². The maximum atomic E-state index is 6.52. The van der Waals surface area contributed by atoms with Crippen LogP contribution in [0.3, 0.4) is 0 Å². The van der Waals surface area contributed by atoms with Gasteiger partial charge in [-0.3, -0.25) is 0 Å². The first-order valence-corrected chi connectivity index (χ1v) is 12.9. The van der Waals surface area contributed by atoms with Gasteiger partial charge in [0.1, 0.15) is 16.5 Å². The van der Waals surface area contributed by atoms with Gasteiger partial charge in [-0.1, -0.05) is 24.6 Å². The van der Waals surface area contributed by atoms with Gasteiger partial charge in [0.2, 0.25) is 0 Å². The molecule has 0 radical (unpaired) electrons. The Kier molecular flexibility index (Phi) is 7.63. The van der Waals surface area contributed by atoms with Gasteiger partial charge >= 0.3 is 0 Å². The van der Waals surface area contributed by atoms with Crippen LogP contribution in [0.15, 0.2) is 65.6 Å². The average Bonchev–Trinajstić information content (AvgIpc) is 3.27. The highest BCUT2D eigenvalue weighted by atomic mass is 35.5. The number of ether oxygens (including phenoxy) is 2. The van der Waals surface area contributed by atoms with Crippen molar-refractivity contribution in [3.8, 4) is 33.2 Å². The molecular weight excluding hydrogens is 470 g/mol. The van der Waals surface area contributed by atoms with Gasteiger partial charge in [-0.15, -0.1) is 23.1 Å². The summed E-state index contributed by atoms with van der Waals surface area (Å²) in [4.78, 5) is 7.28. The lowest BCUT2D eigenvalue weighted by Crippen LogP contribution is -1.89. The lowest BCUT2D eigenvalue weighted by atomic mass is 10.0. The van der Waals surface area contributed by atoms with Crippen molar-refractivity contribution in [2.75, 3.05) is 14.2 Å². The molecule has 4 rings (SSSR count). The summed E-state index contributed by atoms with van der Waals surface area (Å²) in [6.45, 7) is 4.19. The Morgan fingerprint density at radius 1 is 0.939 bits per heavy atom. The van der Waals surface area contributed by atoms with Crippen molar-refractivity contribution < 1.29 is 9.47 Å². The second-order valence-corrected chi connectivity index (χ2v) is 10.1. The monoisotopic (exact) mass is 495 g/mol. The fourth-order valence-corrected chi connectivity index (χ4v) is 5.98. The number of methoxy groups -OCH3 is 2. The van der Waals surface area contributed by atoms with E-state index in [1.807, 2.05) is 18.2 Å². The third-order valence-corrected chi connectivity index (χ3v) is 8.24. The smallest absolute Gasteiger partial charge is 0.121 e. The Morgan fingerprint density at radius 3 is 2.33 bits per heavy atom. The van der Waals surface area contributed by atoms with Crippen LogP contribution in [0.4, 0.5) is 0 Å². The van der Waals surface area contributed by atoms with E-state index >= 15 is 0 Å². The standard InChI is InChI=1S/C27H26ClNO2S2/c1-5-18-6-13-24(22(28)15-18)32-16-25-29-26(20-9-12-23(31-4)17(2)14-20)27(33-25)19-7-10-21(30-3)11-8-19/h6-15H,5,16H2,1-4H3. The summed E-state index contributed by atoms with van der Waals surface area (Å²) in [5.41, 5.74) is 5.52. The van der Waals surface area contributed by atoms with E-state index in [1.54, 1.807) is 37.3 Å². The normalized spacial score (nSPS) is 10.9. The van der Waals surface area contributed by atoms with Crippen molar-refractivity contribution >= 4 is 34.7 Å². The molecule has 4 aromatic rings. The van der Waals surface area contributed by atoms with Crippen LogP contribution >= 0.6 is 34.7 Å². The molecule has 1 heterocycles. The Bertz CT molecular complexity index is 1250. The van der Waals surface area contributed by atoms with E-state index < -0.39 is 0 Å². The average molecular weight is 496 g/mol. The Labute approximate surface area is 208 Å². The molecule has 1 aromatic heterocycles. The number of aryl methyl sites for hydroxylation is 2. The summed E-state index contributed by atoms with van der Waals surface area (Å²) < 4.78 is 10.8. The molecule has 33 heavy (non-hydrogen) atoms. The minimum atomic E-state index is 0.758. The van der Waals surface area contributed by atoms with Gasteiger partial charge in [0.05, 0.1) is 35.6 Å². The van der Waals surface area contributed by atoms with Crippen molar-refractivity contribution in [3.05, 3.63) is 81.8 Å². The zero-order valence-electron chi connectivity index (χ0n) is 19.1. The molecule has 0 fully saturated rings. The van der Waals surface area contributed by atoms with Gasteiger partial charge < -0.3 is 9.47 Å². The molecule has 0 spiro atoms. The predicted octanol–water partition coefficient (Wildman–Crippen LogP) is 8.31. The molecule has 0 aliphatic heterocycles. The third-order valence-electron chi connectivity index (χ3n) is 5.45. The molecule has 0 saturated carbocycles. The second kappa shape index (κ2) is 10.6. The van der Waals surface area contributed by atoms with Gasteiger partial charge in [0.15, 0.2) is 0 Å². The minimum absolute atomic E-state index is 0.758. The number of thiazole rings is 1. The van der Waals surface area contributed by atoms with E-state index in [0.29, 0.717) is 0 Å². The van der Waals surface area contributed by atoms with Crippen molar-refractivity contribution in [2.45, 2.75) is 30.9 Å². The van der Waals surface area contributed by atoms with Crippen LogP contribution in [-0.4, -0.2) is 19.2 Å². The summed E-state index contributed by atoms with van der Waals surface area (Å²) in [7, 11) is 3.38. The molecule has 0 aliphatic rings. The minimum Gasteiger partial charge on any atom is -0.497 e. The Hall–Kier alpha value is -2.47. The summed E-state index contributed by atoms with van der Waals surface area (Å²) in [5, 5.41) is 1.86. The van der Waals surface area contributed by atoms with Gasteiger partial charge in [0, 0.05) is 10.5 Å². The number of hydrogen-bond donors (Lipinski definition) is 0. The van der Waals surface area contributed by atoms with Crippen LogP contribution in [0, 0.1) is 6.92 Å². The van der Waals surface area contributed by atoms with E-state index in [9.17, 15) is 0 Å². The molecule has 0 N–H and O–H groups in total. The Morgan fingerprint density at radius 2 is 1.70 bits per heavy atom. The van der Waals surface area contributed by atoms with Gasteiger partial charge in [-0.25, -0.2) is 4.98 Å². The summed E-state index contributed by atoms with van der Waals surface area (Å²) in [6, 6.07) is 20.7. The molecule has 0 bridgehead atoms. The fourth-order valence-electron chi connectivity index (χ4n) is 3.61. The van der Waals surface area contributed by atoms with Gasteiger partial charge in [-0.05, 0) is 84.6 Å². The van der Waals surface area contributed by atoms with Crippen molar-refractivity contribution in [3.63, 3.8) is 0 Å². The van der Waals surface area contributed by atoms with Gasteiger partial charge in [0.25, 0.3) is 0 Å². The first-order valence-electron chi connectivity index (χ1n) is 10.7. The molecule has 3 nitrogen and oxygen atoms in total. The van der Waals surface area contributed by atoms with Crippen LogP contribution in [0.25, 0.3) is 21.7 Å². The highest BCUT2D eigenvalue weighted by Crippen LogP contribution is 2.41. The first kappa shape index (κ1) is 23.7. The lowest BCUT2D eigenvalue weighted by Gasteiger charge is -2.08. The number of nitrogens with zero attached hydrogens (tertiary/aromatic N) is 1. The molecule has 3 aromatic carbocycles. The summed E-state index contributed by atoms with van der Waals surface area (Å²) in [6.07, 6.45) is 0.979. The molecular formula is C27H26ClNO2S2. The van der Waals surface area contributed by atoms with E-state index in [4.69, 9.17) is 26.1 Å². The number of halogens is 1. The van der Waals surface area contributed by atoms with Crippen LogP contribution in [-0.2, 0) is 12.2 Å². The van der Waals surface area contributed by atoms with E-state index in [0.717, 1.165) is 65.9 Å². The van der Waals surface area contributed by atoms with Crippen LogP contribution in [0.1, 0.15) is 23.1 Å². The Balaban J connectivity index is 1.69. The zero-order valence-corrected chi connectivity index (χ0v) is 21.5. The molecule has 0 unspecified atom stereocenters. The fraction of sp³-hybridized carbons (Fsp3) is 0.222. The van der Waals surface area contributed by atoms with Gasteiger partial charge in [-0.2, -0.15) is 0 Å². The highest BCUT2D eigenvalue weighted by Gasteiger charge is 2.17. The SMILES string of the molecule is CCc1ccc(SCc2nc(-c3ccc(OC)c(C)c3)c(-c3ccc(OC)cc3)s2)c(Cl)c1. The number of benzene rings is 3. The van der Waals surface area contributed by atoms with E-state index in [2.05, 4.69) is 56.3 Å². The van der Waals surface area contributed by atoms with E-state index in [1.165, 1.54) is 5.56 Å². The quantitative estimate of drug-likeness (QED) is 0.230. The number of rotatable bonds is 8. The summed E-state index contributed by atoms with van der Waals surface area (Å²) >= 11 is 9.96. The second-order valence-electron chi connectivity index (χ2n) is 7.61. The molecule has 0 atom stereocenters. The topological polar surface area (TPSA) is 31.4 Å². The first-order chi connectivity index (χ1) is 16.0. The third kappa shape index (κ3) is 5.37. The molecule has 0 aliphatic carbocycles.